The van der Waals surface area contributed by atoms with E-state index in [1.54, 1.807) is 0 Å². The topological polar surface area (TPSA) is 63.6 Å². The molecular formula is C7H5F3N4O. The second kappa shape index (κ2) is 2.81. The van der Waals surface area contributed by atoms with E-state index in [0.717, 1.165) is 17.9 Å². The molecule has 2 rings (SSSR count). The molecule has 0 bridgehead atoms. The predicted molar refractivity (Wildman–Crippen MR) is 44.1 cm³/mol. The number of rotatable bonds is 0. The molecule has 1 N–H and O–H groups in total. The van der Waals surface area contributed by atoms with Crippen LogP contribution in [0.1, 0.15) is 5.82 Å². The Morgan fingerprint density at radius 3 is 2.67 bits per heavy atom. The van der Waals surface area contributed by atoms with Crippen molar-refractivity contribution in [3.05, 3.63) is 22.5 Å². The molecule has 0 aliphatic carbocycles. The molecule has 0 amide bonds. The first-order valence-electron chi connectivity index (χ1n) is 3.88. The number of alkyl halides is 3. The first-order chi connectivity index (χ1) is 6.91. The third kappa shape index (κ3) is 1.37. The Labute approximate surface area is 80.6 Å². The minimum atomic E-state index is -4.60. The number of nitrogens with one attached hydrogen (secondary N) is 1. The lowest BCUT2D eigenvalue weighted by atomic mass is 10.5. The molecule has 0 saturated heterocycles. The maximum Gasteiger partial charge on any atom is 0.449 e. The number of aryl methyl sites for hydroxylation is 1. The number of nitrogens with zero attached hydrogens (tertiary/aromatic N) is 3. The van der Waals surface area contributed by atoms with Crippen molar-refractivity contribution in [1.29, 1.82) is 0 Å². The highest BCUT2D eigenvalue weighted by Gasteiger charge is 2.37. The van der Waals surface area contributed by atoms with Gasteiger partial charge in [0.15, 0.2) is 11.2 Å². The fourth-order valence-electron chi connectivity index (χ4n) is 1.26. The molecule has 0 atom stereocenters. The van der Waals surface area contributed by atoms with Crippen LogP contribution in [-0.2, 0) is 13.2 Å². The van der Waals surface area contributed by atoms with E-state index in [9.17, 15) is 18.0 Å². The van der Waals surface area contributed by atoms with Gasteiger partial charge in [-0.25, -0.2) is 9.97 Å². The Kier molecular flexibility index (Phi) is 1.82. The van der Waals surface area contributed by atoms with Crippen molar-refractivity contribution < 1.29 is 13.2 Å². The maximum absolute atomic E-state index is 12.4. The molecule has 5 nitrogen and oxygen atoms in total. The smallest absolute Gasteiger partial charge is 0.311 e. The number of aromatic amines is 1. The molecule has 8 heteroatoms. The van der Waals surface area contributed by atoms with Crippen molar-refractivity contribution >= 4 is 11.2 Å². The molecule has 0 radical (unpaired) electrons. The predicted octanol–water partition coefficient (Wildman–Crippen LogP) is 0.675. The summed E-state index contributed by atoms with van der Waals surface area (Å²) in [5.74, 6) is -1.14. The average Bonchev–Trinajstić information content (AvgIpc) is 2.45. The SMILES string of the molecule is Cn1c(C(F)(F)F)nc2c(=O)[nH]cnc21. The van der Waals surface area contributed by atoms with Crippen LogP contribution in [-0.4, -0.2) is 19.5 Å². The zero-order valence-electron chi connectivity index (χ0n) is 7.46. The maximum atomic E-state index is 12.4. The summed E-state index contributed by atoms with van der Waals surface area (Å²) in [6.45, 7) is 0. The van der Waals surface area contributed by atoms with Gasteiger partial charge in [-0.1, -0.05) is 0 Å². The summed E-state index contributed by atoms with van der Waals surface area (Å²) in [6, 6.07) is 0. The summed E-state index contributed by atoms with van der Waals surface area (Å²) in [5.41, 5.74) is -1.09. The van der Waals surface area contributed by atoms with Crippen LogP contribution in [0.2, 0.25) is 0 Å². The van der Waals surface area contributed by atoms with Gasteiger partial charge in [-0.3, -0.25) is 4.79 Å². The molecule has 2 heterocycles. The van der Waals surface area contributed by atoms with Crippen LogP contribution in [0, 0.1) is 0 Å². The van der Waals surface area contributed by atoms with Crippen molar-refractivity contribution in [3.8, 4) is 0 Å². The highest BCUT2D eigenvalue weighted by atomic mass is 19.4. The quantitative estimate of drug-likeness (QED) is 0.707. The molecule has 80 valence electrons. The van der Waals surface area contributed by atoms with Gasteiger partial charge in [-0.2, -0.15) is 13.2 Å². The summed E-state index contributed by atoms with van der Waals surface area (Å²) in [6.07, 6.45) is -3.56. The largest absolute Gasteiger partial charge is 0.449 e. The van der Waals surface area contributed by atoms with E-state index in [0.29, 0.717) is 0 Å². The van der Waals surface area contributed by atoms with E-state index in [2.05, 4.69) is 15.0 Å². The minimum Gasteiger partial charge on any atom is -0.311 e. The van der Waals surface area contributed by atoms with Gasteiger partial charge < -0.3 is 9.55 Å². The molecule has 0 aliphatic rings. The van der Waals surface area contributed by atoms with Crippen LogP contribution >= 0.6 is 0 Å². The minimum absolute atomic E-state index is 0.0916. The molecule has 15 heavy (non-hydrogen) atoms. The van der Waals surface area contributed by atoms with Gasteiger partial charge in [0.1, 0.15) is 0 Å². The average molecular weight is 218 g/mol. The molecule has 0 aliphatic heterocycles. The van der Waals surface area contributed by atoms with Crippen molar-refractivity contribution in [3.63, 3.8) is 0 Å². The van der Waals surface area contributed by atoms with Crippen LogP contribution in [0.3, 0.4) is 0 Å². The molecule has 0 saturated carbocycles. The highest BCUT2D eigenvalue weighted by Crippen LogP contribution is 2.28. The Hall–Kier alpha value is -1.86. The number of aromatic nitrogens is 4. The Balaban J connectivity index is 2.87. The van der Waals surface area contributed by atoms with E-state index >= 15 is 0 Å². The first kappa shape index (κ1) is 9.69. The number of halogens is 3. The van der Waals surface area contributed by atoms with E-state index in [1.165, 1.54) is 0 Å². The van der Waals surface area contributed by atoms with Crippen LogP contribution < -0.4 is 5.56 Å². The molecule has 0 unspecified atom stereocenters. The molecule has 0 spiro atoms. The molecule has 2 aromatic rings. The molecule has 2 aromatic heterocycles. The summed E-state index contributed by atoms with van der Waals surface area (Å²) >= 11 is 0. The van der Waals surface area contributed by atoms with Gasteiger partial charge in [0.2, 0.25) is 5.82 Å². The highest BCUT2D eigenvalue weighted by molar-refractivity contribution is 5.69. The van der Waals surface area contributed by atoms with Crippen molar-refractivity contribution in [2.24, 2.45) is 7.05 Å². The lowest BCUT2D eigenvalue weighted by Crippen LogP contribution is -2.12. The van der Waals surface area contributed by atoms with Crippen molar-refractivity contribution in [1.82, 2.24) is 19.5 Å². The third-order valence-corrected chi connectivity index (χ3v) is 1.92. The van der Waals surface area contributed by atoms with E-state index in [-0.39, 0.29) is 11.2 Å². The van der Waals surface area contributed by atoms with Gasteiger partial charge in [0, 0.05) is 7.05 Å². The van der Waals surface area contributed by atoms with E-state index in [4.69, 9.17) is 0 Å². The van der Waals surface area contributed by atoms with Crippen LogP contribution in [0.4, 0.5) is 13.2 Å². The Bertz CT molecular complexity index is 568. The third-order valence-electron chi connectivity index (χ3n) is 1.92. The Morgan fingerprint density at radius 1 is 1.47 bits per heavy atom. The summed E-state index contributed by atoms with van der Waals surface area (Å²) in [5, 5.41) is 0. The van der Waals surface area contributed by atoms with Crippen LogP contribution in [0.15, 0.2) is 11.1 Å². The lowest BCUT2D eigenvalue weighted by Gasteiger charge is -2.04. The van der Waals surface area contributed by atoms with Gasteiger partial charge in [0.25, 0.3) is 5.56 Å². The zero-order valence-corrected chi connectivity index (χ0v) is 7.46. The first-order valence-corrected chi connectivity index (χ1v) is 3.88. The Morgan fingerprint density at radius 2 is 2.13 bits per heavy atom. The van der Waals surface area contributed by atoms with Gasteiger partial charge >= 0.3 is 6.18 Å². The standard InChI is InChI=1S/C7H5F3N4O/c1-14-4-3(5(15)12-2-11-4)13-6(14)7(8,9)10/h2H,1H3,(H,11,12,15). The van der Waals surface area contributed by atoms with Crippen molar-refractivity contribution in [2.75, 3.05) is 0 Å². The second-order valence-electron chi connectivity index (χ2n) is 2.90. The molecular weight excluding hydrogens is 213 g/mol. The van der Waals surface area contributed by atoms with Gasteiger partial charge in [0.05, 0.1) is 6.33 Å². The summed E-state index contributed by atoms with van der Waals surface area (Å²) in [7, 11) is 1.16. The van der Waals surface area contributed by atoms with E-state index in [1.807, 2.05) is 0 Å². The number of imidazole rings is 1. The summed E-state index contributed by atoms with van der Waals surface area (Å²) in [4.78, 5) is 20.1. The number of hydrogen-bond donors (Lipinski definition) is 1. The van der Waals surface area contributed by atoms with Gasteiger partial charge in [-0.05, 0) is 0 Å². The van der Waals surface area contributed by atoms with Crippen molar-refractivity contribution in [2.45, 2.75) is 6.18 Å². The van der Waals surface area contributed by atoms with E-state index < -0.39 is 17.6 Å². The number of fused-ring (bicyclic) bond motifs is 1. The number of H-pyrrole nitrogens is 1. The van der Waals surface area contributed by atoms with Gasteiger partial charge in [-0.15, -0.1) is 0 Å². The monoisotopic (exact) mass is 218 g/mol. The number of hydrogen-bond acceptors (Lipinski definition) is 3. The zero-order chi connectivity index (χ0) is 11.2. The second-order valence-corrected chi connectivity index (χ2v) is 2.90. The fourth-order valence-corrected chi connectivity index (χ4v) is 1.26. The molecule has 0 fully saturated rings. The summed E-state index contributed by atoms with van der Waals surface area (Å²) < 4.78 is 37.9. The van der Waals surface area contributed by atoms with Crippen LogP contribution in [0.25, 0.3) is 11.2 Å². The van der Waals surface area contributed by atoms with Crippen LogP contribution in [0.5, 0.6) is 0 Å². The lowest BCUT2D eigenvalue weighted by molar-refractivity contribution is -0.146. The normalized spacial score (nSPS) is 12.3. The molecule has 0 aromatic carbocycles. The fraction of sp³-hybridized carbons (Fsp3) is 0.286.